The molecule has 4 aromatic rings. The molecule has 0 aliphatic rings. The van der Waals surface area contributed by atoms with Gasteiger partial charge >= 0.3 is 0 Å². The molecule has 0 bridgehead atoms. The first kappa shape index (κ1) is 16.0. The number of nitrogens with one attached hydrogen (secondary N) is 1. The van der Waals surface area contributed by atoms with Gasteiger partial charge in [0.25, 0.3) is 5.91 Å². The number of benzene rings is 2. The normalized spacial score (nSPS) is 11.6. The van der Waals surface area contributed by atoms with Crippen LogP contribution in [0, 0.1) is 0 Å². The van der Waals surface area contributed by atoms with Gasteiger partial charge in [-0.15, -0.1) is 0 Å². The molecule has 4 rings (SSSR count). The quantitative estimate of drug-likeness (QED) is 0.587. The molecule has 26 heavy (non-hydrogen) atoms. The van der Waals surface area contributed by atoms with Crippen LogP contribution in [-0.2, 0) is 11.2 Å². The van der Waals surface area contributed by atoms with E-state index in [2.05, 4.69) is 28.2 Å². The monoisotopic (exact) mass is 338 g/mol. The van der Waals surface area contributed by atoms with Crippen LogP contribution in [0.3, 0.4) is 0 Å². The van der Waals surface area contributed by atoms with Gasteiger partial charge in [-0.3, -0.25) is 4.79 Å². The van der Waals surface area contributed by atoms with Crippen LogP contribution in [0.2, 0.25) is 0 Å². The van der Waals surface area contributed by atoms with E-state index in [-0.39, 0.29) is 5.91 Å². The molecule has 1 aromatic heterocycles. The average Bonchev–Trinajstić information content (AvgIpc) is 3.00. The van der Waals surface area contributed by atoms with Crippen molar-refractivity contribution in [3.8, 4) is 11.1 Å². The first-order valence-electron chi connectivity index (χ1n) is 8.58. The van der Waals surface area contributed by atoms with E-state index in [0.29, 0.717) is 11.8 Å². The Labute approximate surface area is 151 Å². The molecule has 0 saturated carbocycles. The summed E-state index contributed by atoms with van der Waals surface area (Å²) in [6.07, 6.45) is 2.27. The van der Waals surface area contributed by atoms with Gasteiger partial charge in [0.05, 0.1) is 17.3 Å². The lowest BCUT2D eigenvalue weighted by Crippen LogP contribution is -2.08. The van der Waals surface area contributed by atoms with E-state index in [0.717, 1.165) is 27.6 Å². The Hall–Kier alpha value is -3.46. The van der Waals surface area contributed by atoms with Crippen molar-refractivity contribution in [2.45, 2.75) is 6.42 Å². The van der Waals surface area contributed by atoms with E-state index in [9.17, 15) is 4.79 Å². The van der Waals surface area contributed by atoms with Crippen molar-refractivity contribution in [3.63, 3.8) is 0 Å². The minimum absolute atomic E-state index is 0.153. The van der Waals surface area contributed by atoms with Crippen molar-refractivity contribution in [2.75, 3.05) is 0 Å². The molecule has 0 aliphatic heterocycles. The zero-order valence-electron chi connectivity index (χ0n) is 14.2. The molecule has 3 nitrogen and oxygen atoms in total. The summed E-state index contributed by atoms with van der Waals surface area (Å²) < 4.78 is 0. The third kappa shape index (κ3) is 3.33. The van der Waals surface area contributed by atoms with Gasteiger partial charge in [0.15, 0.2) is 0 Å². The second-order valence-corrected chi connectivity index (χ2v) is 6.13. The second kappa shape index (κ2) is 7.19. The maximum atomic E-state index is 12.4. The Balaban J connectivity index is 1.79. The first-order chi connectivity index (χ1) is 12.8. The van der Waals surface area contributed by atoms with E-state index in [1.807, 2.05) is 72.9 Å². The number of H-pyrrole nitrogens is 1. The second-order valence-electron chi connectivity index (χ2n) is 6.13. The SMILES string of the molecule is O=C(Cc1ccccc1)N=c1ccccc2c(-c3ccccc3)c[nH]c12. The molecule has 0 aliphatic carbocycles. The van der Waals surface area contributed by atoms with Crippen LogP contribution < -0.4 is 5.36 Å². The molecule has 0 radical (unpaired) electrons. The minimum atomic E-state index is -0.153. The molecule has 1 heterocycles. The summed E-state index contributed by atoms with van der Waals surface area (Å²) in [4.78, 5) is 20.1. The van der Waals surface area contributed by atoms with Crippen molar-refractivity contribution in [2.24, 2.45) is 4.99 Å². The van der Waals surface area contributed by atoms with E-state index < -0.39 is 0 Å². The number of amides is 1. The Kier molecular flexibility index (Phi) is 4.44. The summed E-state index contributed by atoms with van der Waals surface area (Å²) in [6.45, 7) is 0. The third-order valence-corrected chi connectivity index (χ3v) is 4.33. The van der Waals surface area contributed by atoms with Crippen LogP contribution in [0.1, 0.15) is 5.56 Å². The Morgan fingerprint density at radius 1 is 0.808 bits per heavy atom. The smallest absolute Gasteiger partial charge is 0.250 e. The summed E-state index contributed by atoms with van der Waals surface area (Å²) in [5.41, 5.74) is 4.07. The lowest BCUT2D eigenvalue weighted by Gasteiger charge is -1.97. The summed E-state index contributed by atoms with van der Waals surface area (Å²) in [6, 6.07) is 27.7. The largest absolute Gasteiger partial charge is 0.359 e. The lowest BCUT2D eigenvalue weighted by atomic mass is 10.1. The van der Waals surface area contributed by atoms with Crippen LogP contribution in [0.15, 0.2) is 96.1 Å². The van der Waals surface area contributed by atoms with Gasteiger partial charge in [-0.2, -0.15) is 0 Å². The third-order valence-electron chi connectivity index (χ3n) is 4.33. The van der Waals surface area contributed by atoms with E-state index >= 15 is 0 Å². The number of hydrogen-bond acceptors (Lipinski definition) is 1. The highest BCUT2D eigenvalue weighted by molar-refractivity contribution is 5.95. The summed E-state index contributed by atoms with van der Waals surface area (Å²) in [5, 5.41) is 1.71. The maximum absolute atomic E-state index is 12.4. The molecule has 3 heteroatoms. The van der Waals surface area contributed by atoms with Gasteiger partial charge in [0.1, 0.15) is 0 Å². The predicted octanol–water partition coefficient (Wildman–Crippen LogP) is 4.50. The molecule has 126 valence electrons. The van der Waals surface area contributed by atoms with Gasteiger partial charge in [0, 0.05) is 17.1 Å². The van der Waals surface area contributed by atoms with E-state index in [4.69, 9.17) is 0 Å². The molecule has 1 amide bonds. The molecule has 0 fully saturated rings. The first-order valence-corrected chi connectivity index (χ1v) is 8.58. The molecule has 0 atom stereocenters. The fourth-order valence-corrected chi connectivity index (χ4v) is 3.10. The van der Waals surface area contributed by atoms with Crippen molar-refractivity contribution in [1.82, 2.24) is 4.98 Å². The van der Waals surface area contributed by atoms with Gasteiger partial charge in [-0.05, 0) is 17.2 Å². The minimum Gasteiger partial charge on any atom is -0.359 e. The molecule has 0 unspecified atom stereocenters. The van der Waals surface area contributed by atoms with Crippen molar-refractivity contribution in [3.05, 3.63) is 102 Å². The van der Waals surface area contributed by atoms with Gasteiger partial charge in [-0.1, -0.05) is 78.9 Å². The van der Waals surface area contributed by atoms with Crippen molar-refractivity contribution in [1.29, 1.82) is 0 Å². The molecule has 0 spiro atoms. The van der Waals surface area contributed by atoms with Gasteiger partial charge < -0.3 is 4.98 Å². The molecular weight excluding hydrogens is 320 g/mol. The molecule has 3 aromatic carbocycles. The highest BCUT2D eigenvalue weighted by Crippen LogP contribution is 2.26. The Morgan fingerprint density at radius 3 is 2.23 bits per heavy atom. The number of aromatic nitrogens is 1. The lowest BCUT2D eigenvalue weighted by molar-refractivity contribution is -0.117. The van der Waals surface area contributed by atoms with Crippen molar-refractivity contribution < 1.29 is 4.79 Å². The predicted molar refractivity (Wildman–Crippen MR) is 104 cm³/mol. The average molecular weight is 338 g/mol. The number of carbonyl (C=O) groups excluding carboxylic acids is 1. The highest BCUT2D eigenvalue weighted by Gasteiger charge is 2.07. The zero-order chi connectivity index (χ0) is 17.8. The fourth-order valence-electron chi connectivity index (χ4n) is 3.10. The summed E-state index contributed by atoms with van der Waals surface area (Å²) in [5.74, 6) is -0.153. The Morgan fingerprint density at radius 2 is 1.46 bits per heavy atom. The van der Waals surface area contributed by atoms with Crippen LogP contribution in [-0.4, -0.2) is 10.9 Å². The van der Waals surface area contributed by atoms with Gasteiger partial charge in [-0.25, -0.2) is 4.99 Å². The number of carbonyl (C=O) groups is 1. The summed E-state index contributed by atoms with van der Waals surface area (Å²) in [7, 11) is 0. The summed E-state index contributed by atoms with van der Waals surface area (Å²) >= 11 is 0. The van der Waals surface area contributed by atoms with Crippen LogP contribution >= 0.6 is 0 Å². The van der Waals surface area contributed by atoms with E-state index in [1.54, 1.807) is 0 Å². The number of nitrogens with zero attached hydrogens (tertiary/aromatic N) is 1. The van der Waals surface area contributed by atoms with Crippen LogP contribution in [0.4, 0.5) is 0 Å². The standard InChI is InChI=1S/C23H18N2O/c26-22(15-17-9-3-1-4-10-17)25-21-14-8-7-13-19-20(16-24-23(19)21)18-11-5-2-6-12-18/h1-14,16,24H,15H2. The number of aromatic amines is 1. The zero-order valence-corrected chi connectivity index (χ0v) is 14.2. The Bertz CT molecular complexity index is 1110. The van der Waals surface area contributed by atoms with Crippen molar-refractivity contribution >= 4 is 16.8 Å². The fraction of sp³-hybridized carbons (Fsp3) is 0.0435. The van der Waals surface area contributed by atoms with E-state index in [1.165, 1.54) is 0 Å². The molecular formula is C23H18N2O. The number of rotatable bonds is 3. The molecule has 1 N–H and O–H groups in total. The topological polar surface area (TPSA) is 45.2 Å². The van der Waals surface area contributed by atoms with Crippen LogP contribution in [0.5, 0.6) is 0 Å². The number of hydrogen-bond donors (Lipinski definition) is 1. The number of fused-ring (bicyclic) bond motifs is 1. The van der Waals surface area contributed by atoms with Crippen LogP contribution in [0.25, 0.3) is 22.0 Å². The maximum Gasteiger partial charge on any atom is 0.250 e. The molecule has 0 saturated heterocycles. The highest BCUT2D eigenvalue weighted by atomic mass is 16.1. The van der Waals surface area contributed by atoms with Gasteiger partial charge in [0.2, 0.25) is 0 Å².